The highest BCUT2D eigenvalue weighted by Crippen LogP contribution is 2.41. The van der Waals surface area contributed by atoms with Gasteiger partial charge in [-0.25, -0.2) is 4.39 Å². The fourth-order valence-corrected chi connectivity index (χ4v) is 4.49. The van der Waals surface area contributed by atoms with Crippen molar-refractivity contribution in [2.75, 3.05) is 0 Å². The Morgan fingerprint density at radius 3 is 2.76 bits per heavy atom. The largest absolute Gasteiger partial charge is 0.205 e. The predicted molar refractivity (Wildman–Crippen MR) is 91.7 cm³/mol. The zero-order valence-corrected chi connectivity index (χ0v) is 13.1. The summed E-state index contributed by atoms with van der Waals surface area (Å²) in [5.74, 6) is 0.353. The van der Waals surface area contributed by atoms with Gasteiger partial charge in [-0.05, 0) is 42.2 Å². The minimum atomic E-state index is -0.0369. The molecule has 1 heterocycles. The van der Waals surface area contributed by atoms with E-state index in [1.165, 1.54) is 24.2 Å². The van der Waals surface area contributed by atoms with E-state index in [2.05, 4.69) is 12.6 Å². The Morgan fingerprint density at radius 2 is 2.10 bits per heavy atom. The van der Waals surface area contributed by atoms with Gasteiger partial charge in [-0.15, -0.1) is 11.3 Å². The summed E-state index contributed by atoms with van der Waals surface area (Å²) in [5, 5.41) is 0.981. The van der Waals surface area contributed by atoms with E-state index in [4.69, 9.17) is 7.85 Å². The van der Waals surface area contributed by atoms with Crippen LogP contribution in [0.4, 0.5) is 4.39 Å². The Balaban J connectivity index is 2.15. The highest BCUT2D eigenvalue weighted by Gasteiger charge is 2.23. The normalized spacial score (nSPS) is 16.8. The smallest absolute Gasteiger partial charge is 0.144 e. The second-order valence-electron chi connectivity index (χ2n) is 5.74. The summed E-state index contributed by atoms with van der Waals surface area (Å²) in [5.41, 5.74) is 2.60. The van der Waals surface area contributed by atoms with Gasteiger partial charge in [-0.3, -0.25) is 0 Å². The molecule has 106 valence electrons. The zero-order chi connectivity index (χ0) is 15.0. The number of fused-ring (bicyclic) bond motifs is 1. The first-order valence-corrected chi connectivity index (χ1v) is 8.25. The molecule has 2 aromatic rings. The fraction of sp³-hybridized carbons (Fsp3) is 0.333. The molecule has 0 aliphatic heterocycles. The van der Waals surface area contributed by atoms with Gasteiger partial charge in [0.2, 0.25) is 0 Å². The van der Waals surface area contributed by atoms with Crippen LogP contribution in [-0.4, -0.2) is 7.85 Å². The number of hydrogen-bond acceptors (Lipinski definition) is 1. The van der Waals surface area contributed by atoms with Gasteiger partial charge in [0.25, 0.3) is 0 Å². The third-order valence-electron chi connectivity index (χ3n) is 4.43. The summed E-state index contributed by atoms with van der Waals surface area (Å²) >= 11 is 1.46. The number of rotatable bonds is 3. The predicted octanol–water partition coefficient (Wildman–Crippen LogP) is 5.70. The standard InChI is InChI=1S/C18H18BFS/c1-3-6-15(19)17-11(2)13-9-10-14(12-7-4-5-8-12)16(20)18(13)21-17/h3,6,9-10,12H,1,4-5,7-8H2,2H3/b15-6+. The van der Waals surface area contributed by atoms with Crippen LogP contribution in [-0.2, 0) is 0 Å². The lowest BCUT2D eigenvalue weighted by Crippen LogP contribution is -1.96. The van der Waals surface area contributed by atoms with Gasteiger partial charge >= 0.3 is 0 Å². The van der Waals surface area contributed by atoms with Crippen LogP contribution in [0.5, 0.6) is 0 Å². The molecule has 0 nitrogen and oxygen atoms in total. The van der Waals surface area contributed by atoms with E-state index in [1.807, 2.05) is 13.0 Å². The molecule has 3 heteroatoms. The molecule has 0 spiro atoms. The molecule has 1 aliphatic rings. The minimum absolute atomic E-state index is 0.0369. The molecule has 0 N–H and O–H groups in total. The van der Waals surface area contributed by atoms with Gasteiger partial charge in [0.05, 0.1) is 4.70 Å². The lowest BCUT2D eigenvalue weighted by atomic mass is 9.90. The van der Waals surface area contributed by atoms with Crippen LogP contribution in [0.25, 0.3) is 15.6 Å². The lowest BCUT2D eigenvalue weighted by molar-refractivity contribution is 0.592. The summed E-state index contributed by atoms with van der Waals surface area (Å²) in [4.78, 5) is 0.951. The SMILES string of the molecule is [B]/C(=C/C=C)c1sc2c(F)c(C3CCCC3)ccc2c1C. The molecule has 0 unspecified atom stereocenters. The number of halogens is 1. The topological polar surface area (TPSA) is 0 Å². The Kier molecular flexibility index (Phi) is 4.03. The van der Waals surface area contributed by atoms with Crippen LogP contribution < -0.4 is 0 Å². The molecule has 3 rings (SSSR count). The van der Waals surface area contributed by atoms with Crippen molar-refractivity contribution in [3.8, 4) is 0 Å². The van der Waals surface area contributed by atoms with Crippen molar-refractivity contribution < 1.29 is 4.39 Å². The molecule has 1 aliphatic carbocycles. The Bertz CT molecular complexity index is 720. The molecule has 1 aromatic carbocycles. The van der Waals surface area contributed by atoms with Gasteiger partial charge in [-0.1, -0.05) is 49.2 Å². The Morgan fingerprint density at radius 1 is 1.38 bits per heavy atom. The lowest BCUT2D eigenvalue weighted by Gasteiger charge is -2.11. The molecule has 1 saturated carbocycles. The molecule has 0 bridgehead atoms. The van der Waals surface area contributed by atoms with E-state index < -0.39 is 0 Å². The van der Waals surface area contributed by atoms with Crippen molar-refractivity contribution in [2.24, 2.45) is 0 Å². The third kappa shape index (κ3) is 2.48. The third-order valence-corrected chi connectivity index (χ3v) is 5.78. The zero-order valence-electron chi connectivity index (χ0n) is 12.3. The molecule has 0 atom stereocenters. The number of allylic oxidation sites excluding steroid dienone is 2. The molecule has 1 fully saturated rings. The number of aryl methyl sites for hydroxylation is 1. The van der Waals surface area contributed by atoms with Gasteiger partial charge in [-0.2, -0.15) is 0 Å². The molecule has 1 aromatic heterocycles. The van der Waals surface area contributed by atoms with Crippen molar-refractivity contribution >= 4 is 34.7 Å². The first kappa shape index (κ1) is 14.6. The van der Waals surface area contributed by atoms with E-state index in [1.54, 1.807) is 12.2 Å². The van der Waals surface area contributed by atoms with Crippen molar-refractivity contribution in [3.05, 3.63) is 52.7 Å². The van der Waals surface area contributed by atoms with Crippen molar-refractivity contribution in [2.45, 2.75) is 38.5 Å². The van der Waals surface area contributed by atoms with Crippen molar-refractivity contribution in [1.29, 1.82) is 0 Å². The average Bonchev–Trinajstić information content (AvgIpc) is 3.09. The van der Waals surface area contributed by atoms with Gasteiger partial charge in [0, 0.05) is 4.88 Å². The summed E-state index contributed by atoms with van der Waals surface area (Å²) in [6.45, 7) is 5.67. The first-order valence-electron chi connectivity index (χ1n) is 7.43. The van der Waals surface area contributed by atoms with Gasteiger partial charge < -0.3 is 0 Å². The average molecular weight is 296 g/mol. The van der Waals surface area contributed by atoms with E-state index in [0.29, 0.717) is 11.4 Å². The Hall–Kier alpha value is -1.35. The van der Waals surface area contributed by atoms with Gasteiger partial charge in [0.15, 0.2) is 0 Å². The van der Waals surface area contributed by atoms with Crippen LogP contribution in [0.1, 0.15) is 47.6 Å². The highest BCUT2D eigenvalue weighted by atomic mass is 32.1. The monoisotopic (exact) mass is 296 g/mol. The summed E-state index contributed by atoms with van der Waals surface area (Å²) in [6, 6.07) is 4.03. The number of hydrogen-bond donors (Lipinski definition) is 0. The van der Waals surface area contributed by atoms with Crippen LogP contribution >= 0.6 is 11.3 Å². The quantitative estimate of drug-likeness (QED) is 0.503. The molecule has 0 saturated heterocycles. The first-order chi connectivity index (χ1) is 10.1. The second-order valence-corrected chi connectivity index (χ2v) is 6.76. The van der Waals surface area contributed by atoms with E-state index in [0.717, 1.165) is 38.9 Å². The van der Waals surface area contributed by atoms with Crippen LogP contribution in [0.3, 0.4) is 0 Å². The molecule has 21 heavy (non-hydrogen) atoms. The minimum Gasteiger partial charge on any atom is -0.205 e. The molecule has 2 radical (unpaired) electrons. The summed E-state index contributed by atoms with van der Waals surface area (Å²) < 4.78 is 15.6. The van der Waals surface area contributed by atoms with Crippen molar-refractivity contribution in [3.63, 3.8) is 0 Å². The van der Waals surface area contributed by atoms with E-state index in [-0.39, 0.29) is 5.82 Å². The van der Waals surface area contributed by atoms with Crippen LogP contribution in [0, 0.1) is 12.7 Å². The van der Waals surface area contributed by atoms with Crippen molar-refractivity contribution in [1.82, 2.24) is 0 Å². The fourth-order valence-electron chi connectivity index (χ4n) is 3.30. The summed E-state index contributed by atoms with van der Waals surface area (Å²) in [6.07, 6.45) is 8.08. The molecular weight excluding hydrogens is 278 g/mol. The van der Waals surface area contributed by atoms with Crippen LogP contribution in [0.15, 0.2) is 30.9 Å². The number of benzene rings is 1. The second kappa shape index (κ2) is 5.80. The Labute approximate surface area is 130 Å². The van der Waals surface area contributed by atoms with Gasteiger partial charge in [0.1, 0.15) is 13.7 Å². The van der Waals surface area contributed by atoms with E-state index >= 15 is 0 Å². The van der Waals surface area contributed by atoms with E-state index in [9.17, 15) is 4.39 Å². The number of thiophene rings is 1. The molecule has 0 amide bonds. The maximum Gasteiger partial charge on any atom is 0.144 e. The summed E-state index contributed by atoms with van der Waals surface area (Å²) in [7, 11) is 6.06. The molecular formula is C18H18BFS. The van der Waals surface area contributed by atoms with Crippen LogP contribution in [0.2, 0.25) is 0 Å². The maximum absolute atomic E-state index is 14.9. The maximum atomic E-state index is 14.9. The highest BCUT2D eigenvalue weighted by molar-refractivity contribution is 7.20.